The van der Waals surface area contributed by atoms with Crippen molar-refractivity contribution in [2.75, 3.05) is 4.72 Å². The van der Waals surface area contributed by atoms with Gasteiger partial charge in [-0.1, -0.05) is 39.0 Å². The summed E-state index contributed by atoms with van der Waals surface area (Å²) in [5, 5.41) is 11.4. The van der Waals surface area contributed by atoms with Crippen molar-refractivity contribution < 1.29 is 13.5 Å². The largest absolute Gasteiger partial charge is 0.392 e. The minimum atomic E-state index is -3.75. The van der Waals surface area contributed by atoms with Gasteiger partial charge in [0.1, 0.15) is 0 Å². The maximum absolute atomic E-state index is 12.4. The number of aliphatic hydroxyl groups is 1. The summed E-state index contributed by atoms with van der Waals surface area (Å²) >= 11 is 1.25. The van der Waals surface area contributed by atoms with Crippen LogP contribution in [0.4, 0.5) is 5.13 Å². The van der Waals surface area contributed by atoms with Crippen LogP contribution in [-0.2, 0) is 22.0 Å². The molecule has 2 N–H and O–H groups in total. The molecule has 0 saturated heterocycles. The second-order valence-corrected chi connectivity index (χ2v) is 8.17. The first kappa shape index (κ1) is 15.9. The van der Waals surface area contributed by atoms with Crippen LogP contribution in [-0.4, -0.2) is 18.5 Å². The van der Waals surface area contributed by atoms with E-state index in [0.29, 0.717) is 10.7 Å². The minimum absolute atomic E-state index is 0.0695. The van der Waals surface area contributed by atoms with E-state index in [0.717, 1.165) is 5.69 Å². The highest BCUT2D eigenvalue weighted by molar-refractivity contribution is 7.93. The Labute approximate surface area is 128 Å². The summed E-state index contributed by atoms with van der Waals surface area (Å²) in [5.41, 5.74) is 1.06. The number of hydrogen-bond donors (Lipinski definition) is 2. The van der Waals surface area contributed by atoms with Crippen molar-refractivity contribution in [3.05, 3.63) is 40.9 Å². The van der Waals surface area contributed by atoms with Crippen molar-refractivity contribution in [2.45, 2.75) is 37.7 Å². The molecule has 114 valence electrons. The van der Waals surface area contributed by atoms with Gasteiger partial charge in [-0.05, 0) is 11.6 Å². The highest BCUT2D eigenvalue weighted by atomic mass is 32.2. The number of aromatic nitrogens is 1. The van der Waals surface area contributed by atoms with E-state index < -0.39 is 10.0 Å². The van der Waals surface area contributed by atoms with Gasteiger partial charge in [0.15, 0.2) is 5.13 Å². The average molecular weight is 326 g/mol. The zero-order valence-corrected chi connectivity index (χ0v) is 13.8. The van der Waals surface area contributed by atoms with Crippen LogP contribution >= 0.6 is 11.3 Å². The van der Waals surface area contributed by atoms with Crippen LogP contribution in [0.25, 0.3) is 0 Å². The Morgan fingerprint density at radius 2 is 1.95 bits per heavy atom. The Balaban J connectivity index is 2.32. The summed E-state index contributed by atoms with van der Waals surface area (Å²) in [4.78, 5) is 4.38. The van der Waals surface area contributed by atoms with Gasteiger partial charge in [0.05, 0.1) is 17.2 Å². The quantitative estimate of drug-likeness (QED) is 0.905. The minimum Gasteiger partial charge on any atom is -0.392 e. The van der Waals surface area contributed by atoms with E-state index in [1.807, 2.05) is 26.2 Å². The number of thiazole rings is 1. The third kappa shape index (κ3) is 3.61. The van der Waals surface area contributed by atoms with Gasteiger partial charge in [0.25, 0.3) is 10.0 Å². The van der Waals surface area contributed by atoms with Gasteiger partial charge in [0.2, 0.25) is 0 Å². The Bertz CT molecular complexity index is 731. The van der Waals surface area contributed by atoms with Crippen LogP contribution in [0.3, 0.4) is 0 Å². The molecule has 2 rings (SSSR count). The Hall–Kier alpha value is -1.44. The zero-order valence-electron chi connectivity index (χ0n) is 12.1. The molecular formula is C14H18N2O3S2. The molecule has 1 heterocycles. The average Bonchev–Trinajstić information content (AvgIpc) is 2.86. The topological polar surface area (TPSA) is 79.3 Å². The van der Waals surface area contributed by atoms with E-state index >= 15 is 0 Å². The summed E-state index contributed by atoms with van der Waals surface area (Å²) in [7, 11) is -3.75. The first-order chi connectivity index (χ1) is 9.74. The molecule has 1 aromatic heterocycles. The summed E-state index contributed by atoms with van der Waals surface area (Å²) < 4.78 is 27.2. The van der Waals surface area contributed by atoms with E-state index in [4.69, 9.17) is 0 Å². The number of benzene rings is 1. The summed E-state index contributed by atoms with van der Waals surface area (Å²) in [5.74, 6) is 0. The molecule has 1 aromatic carbocycles. The molecule has 0 aliphatic carbocycles. The fourth-order valence-corrected chi connectivity index (χ4v) is 4.15. The highest BCUT2D eigenvalue weighted by Crippen LogP contribution is 2.28. The van der Waals surface area contributed by atoms with Gasteiger partial charge in [-0.3, -0.25) is 4.72 Å². The molecule has 0 atom stereocenters. The molecule has 7 heteroatoms. The monoisotopic (exact) mass is 326 g/mol. The van der Waals surface area contributed by atoms with Gasteiger partial charge < -0.3 is 5.11 Å². The maximum Gasteiger partial charge on any atom is 0.264 e. The first-order valence-corrected chi connectivity index (χ1v) is 8.78. The zero-order chi connectivity index (χ0) is 15.7. The van der Waals surface area contributed by atoms with E-state index in [1.54, 1.807) is 18.2 Å². The van der Waals surface area contributed by atoms with E-state index in [-0.39, 0.29) is 16.9 Å². The van der Waals surface area contributed by atoms with Crippen LogP contribution in [0.1, 0.15) is 32.0 Å². The molecule has 21 heavy (non-hydrogen) atoms. The normalized spacial score (nSPS) is 12.4. The lowest BCUT2D eigenvalue weighted by Crippen LogP contribution is -2.16. The van der Waals surface area contributed by atoms with Crippen molar-refractivity contribution in [3.8, 4) is 0 Å². The van der Waals surface area contributed by atoms with Crippen molar-refractivity contribution >= 4 is 26.5 Å². The maximum atomic E-state index is 12.4. The standard InChI is InChI=1S/C14H18N2O3S2/c1-14(2,3)12-9-20-13(15-12)16-21(18,19)11-7-5-4-6-10(11)8-17/h4-7,9,17H,8H2,1-3H3,(H,15,16). The number of sulfonamides is 1. The van der Waals surface area contributed by atoms with Gasteiger partial charge in [-0.25, -0.2) is 13.4 Å². The first-order valence-electron chi connectivity index (χ1n) is 6.41. The smallest absolute Gasteiger partial charge is 0.264 e. The molecule has 0 saturated carbocycles. The highest BCUT2D eigenvalue weighted by Gasteiger charge is 2.22. The van der Waals surface area contributed by atoms with Crippen molar-refractivity contribution in [2.24, 2.45) is 0 Å². The third-order valence-corrected chi connectivity index (χ3v) is 5.25. The van der Waals surface area contributed by atoms with E-state index in [9.17, 15) is 13.5 Å². The predicted octanol–water partition coefficient (Wildman–Crippen LogP) is 2.73. The molecule has 0 radical (unpaired) electrons. The number of nitrogens with one attached hydrogen (secondary N) is 1. The number of aliphatic hydroxyl groups excluding tert-OH is 1. The van der Waals surface area contributed by atoms with Crippen molar-refractivity contribution in [1.82, 2.24) is 4.98 Å². The second-order valence-electron chi connectivity index (χ2n) is 5.66. The van der Waals surface area contributed by atoms with Crippen LogP contribution in [0.5, 0.6) is 0 Å². The van der Waals surface area contributed by atoms with Gasteiger partial charge >= 0.3 is 0 Å². The van der Waals surface area contributed by atoms with Crippen LogP contribution in [0.2, 0.25) is 0 Å². The molecule has 0 bridgehead atoms. The van der Waals surface area contributed by atoms with Gasteiger partial charge in [-0.2, -0.15) is 0 Å². The number of hydrogen-bond acceptors (Lipinski definition) is 5. The molecule has 0 unspecified atom stereocenters. The van der Waals surface area contributed by atoms with Crippen molar-refractivity contribution in [1.29, 1.82) is 0 Å². The van der Waals surface area contributed by atoms with Crippen LogP contribution in [0, 0.1) is 0 Å². The van der Waals surface area contributed by atoms with Crippen molar-refractivity contribution in [3.63, 3.8) is 0 Å². The van der Waals surface area contributed by atoms with E-state index in [1.165, 1.54) is 17.4 Å². The van der Waals surface area contributed by atoms with Gasteiger partial charge in [0, 0.05) is 10.8 Å². The molecule has 5 nitrogen and oxygen atoms in total. The Morgan fingerprint density at radius 3 is 2.52 bits per heavy atom. The number of rotatable bonds is 4. The lowest BCUT2D eigenvalue weighted by Gasteiger charge is -2.14. The number of nitrogens with zero attached hydrogens (tertiary/aromatic N) is 1. The summed E-state index contributed by atoms with van der Waals surface area (Å²) in [6, 6.07) is 6.35. The summed E-state index contributed by atoms with van der Waals surface area (Å²) in [6.07, 6.45) is 0. The number of anilines is 1. The molecular weight excluding hydrogens is 308 g/mol. The Morgan fingerprint density at radius 1 is 1.29 bits per heavy atom. The lowest BCUT2D eigenvalue weighted by atomic mass is 9.93. The van der Waals surface area contributed by atoms with E-state index in [2.05, 4.69) is 9.71 Å². The molecule has 2 aromatic rings. The lowest BCUT2D eigenvalue weighted by molar-refractivity contribution is 0.278. The predicted molar refractivity (Wildman–Crippen MR) is 84.0 cm³/mol. The fourth-order valence-electron chi connectivity index (χ4n) is 1.73. The van der Waals surface area contributed by atoms with Crippen LogP contribution < -0.4 is 4.72 Å². The Kier molecular flexibility index (Phi) is 4.36. The summed E-state index contributed by atoms with van der Waals surface area (Å²) in [6.45, 7) is 5.71. The molecule has 0 amide bonds. The van der Waals surface area contributed by atoms with Crippen LogP contribution in [0.15, 0.2) is 34.5 Å². The third-order valence-electron chi connectivity index (χ3n) is 2.93. The second kappa shape index (κ2) is 5.75. The SMILES string of the molecule is CC(C)(C)c1csc(NS(=O)(=O)c2ccccc2CO)n1. The molecule has 0 aliphatic rings. The molecule has 0 fully saturated rings. The fraction of sp³-hybridized carbons (Fsp3) is 0.357. The molecule has 0 spiro atoms. The molecule has 0 aliphatic heterocycles. The van der Waals surface area contributed by atoms with Gasteiger partial charge in [-0.15, -0.1) is 11.3 Å².